The number of ether oxygens (including phenoxy) is 4. The number of nitrogens with one attached hydrogen (secondary N) is 1. The van der Waals surface area contributed by atoms with Crippen molar-refractivity contribution in [3.8, 4) is 11.8 Å². The highest BCUT2D eigenvalue weighted by atomic mass is 19.4. The van der Waals surface area contributed by atoms with E-state index in [4.69, 9.17) is 9.47 Å². The van der Waals surface area contributed by atoms with Crippen LogP contribution >= 0.6 is 0 Å². The highest BCUT2D eigenvalue weighted by molar-refractivity contribution is 5.92. The van der Waals surface area contributed by atoms with Crippen LogP contribution in [0.15, 0.2) is 60.7 Å². The Morgan fingerprint density at radius 3 is 1.84 bits per heavy atom. The van der Waals surface area contributed by atoms with Crippen LogP contribution in [0.3, 0.4) is 0 Å². The van der Waals surface area contributed by atoms with Crippen LogP contribution in [0.1, 0.15) is 18.1 Å². The zero-order valence-corrected chi connectivity index (χ0v) is 23.3. The molecule has 0 spiro atoms. The molecule has 3 rings (SSSR count). The van der Waals surface area contributed by atoms with Crippen molar-refractivity contribution < 1.29 is 63.3 Å². The third-order valence-electron chi connectivity index (χ3n) is 5.68. The summed E-state index contributed by atoms with van der Waals surface area (Å²) in [5.74, 6) is -2.75. The van der Waals surface area contributed by atoms with Gasteiger partial charge in [0.05, 0.1) is 18.2 Å². The Balaban J connectivity index is 2.13. The molecule has 1 heterocycles. The monoisotopic (exact) mass is 657 g/mol. The van der Waals surface area contributed by atoms with E-state index in [0.717, 1.165) is 12.1 Å². The number of hydrogen-bond donors (Lipinski definition) is 1. The van der Waals surface area contributed by atoms with E-state index in [1.54, 1.807) is 30.3 Å². The fourth-order valence-corrected chi connectivity index (χ4v) is 3.66. The van der Waals surface area contributed by atoms with Crippen molar-refractivity contribution in [3.05, 3.63) is 71.8 Å². The predicted octanol–water partition coefficient (Wildman–Crippen LogP) is 6.89. The van der Waals surface area contributed by atoms with Gasteiger partial charge < -0.3 is 18.9 Å². The van der Waals surface area contributed by atoms with Gasteiger partial charge in [-0.15, -0.1) is 14.5 Å². The van der Waals surface area contributed by atoms with Gasteiger partial charge in [0.1, 0.15) is 6.73 Å². The molecular formula is C27H26F9N4O5+. The highest BCUT2D eigenvalue weighted by Crippen LogP contribution is 2.38. The fraction of sp³-hybridized carbons (Fsp3) is 0.370. The lowest BCUT2D eigenvalue weighted by molar-refractivity contribution is -0.154. The van der Waals surface area contributed by atoms with Gasteiger partial charge in [0.15, 0.2) is 18.9 Å². The predicted molar refractivity (Wildman–Crippen MR) is 139 cm³/mol. The number of urea groups is 1. The number of amides is 2. The van der Waals surface area contributed by atoms with Crippen molar-refractivity contribution >= 4 is 17.7 Å². The molecule has 0 radical (unpaired) electrons. The highest BCUT2D eigenvalue weighted by Gasteiger charge is 2.47. The van der Waals surface area contributed by atoms with Gasteiger partial charge in [-0.1, -0.05) is 30.3 Å². The minimum absolute atomic E-state index is 0.0134. The minimum atomic E-state index is -4.91. The average Bonchev–Trinajstić information content (AvgIpc) is 2.97. The third-order valence-corrected chi connectivity index (χ3v) is 5.68. The number of aromatic nitrogens is 2. The lowest BCUT2D eigenvalue weighted by Gasteiger charge is -2.32. The Labute approximate surface area is 250 Å². The molecule has 18 heteroatoms. The smallest absolute Gasteiger partial charge is 0.433 e. The van der Waals surface area contributed by atoms with Crippen LogP contribution < -0.4 is 19.3 Å². The number of benzene rings is 2. The molecule has 0 aliphatic carbocycles. The van der Waals surface area contributed by atoms with Gasteiger partial charge in [0, 0.05) is 18.7 Å². The summed E-state index contributed by atoms with van der Waals surface area (Å²) in [6.07, 6.45) is -14.6. The van der Waals surface area contributed by atoms with Crippen molar-refractivity contribution in [1.82, 2.24) is 19.8 Å². The number of rotatable bonds is 13. The summed E-state index contributed by atoms with van der Waals surface area (Å²) >= 11 is 0. The van der Waals surface area contributed by atoms with E-state index in [0.29, 0.717) is 23.8 Å². The first-order chi connectivity index (χ1) is 21.0. The second-order valence-corrected chi connectivity index (χ2v) is 9.09. The number of nitrogens with zero attached hydrogens (tertiary/aromatic N) is 3. The number of carbonyl (C=O) groups is 1. The zero-order valence-electron chi connectivity index (χ0n) is 23.3. The van der Waals surface area contributed by atoms with Crippen LogP contribution in [0.25, 0.3) is 0 Å². The molecule has 1 unspecified atom stereocenters. The molecule has 45 heavy (non-hydrogen) atoms. The van der Waals surface area contributed by atoms with Gasteiger partial charge in [0.25, 0.3) is 0 Å². The standard InChI is InChI=1S/C27H25F9N4O5/c1-2-42-17-40(20-10-8-19(9-11-20)27(34,35)36,24(41)37-16-43-13-18-6-4-3-5-7-18)23-38-21(44-14-25(28,29)30)12-22(39-23)45-15-26(31,32)33/h3-12H,2,13-17H2,1H3/p+1. The van der Waals surface area contributed by atoms with Gasteiger partial charge in [-0.3, -0.25) is 5.32 Å². The number of carbonyl (C=O) groups excluding carboxylic acids is 1. The molecule has 0 fully saturated rings. The van der Waals surface area contributed by atoms with Crippen LogP contribution in [-0.2, 0) is 22.3 Å². The largest absolute Gasteiger partial charge is 0.468 e. The molecule has 0 saturated carbocycles. The van der Waals surface area contributed by atoms with Crippen molar-refractivity contribution in [1.29, 1.82) is 0 Å². The topological polar surface area (TPSA) is 91.8 Å². The van der Waals surface area contributed by atoms with E-state index >= 15 is 0 Å². The van der Waals surface area contributed by atoms with Gasteiger partial charge in [0.2, 0.25) is 18.5 Å². The van der Waals surface area contributed by atoms with Gasteiger partial charge in [-0.05, 0) is 24.6 Å². The molecule has 1 atom stereocenters. The zero-order chi connectivity index (χ0) is 33.3. The quantitative estimate of drug-likeness (QED) is 0.0927. The van der Waals surface area contributed by atoms with E-state index in [1.807, 2.05) is 0 Å². The molecule has 0 aliphatic rings. The molecular weight excluding hydrogens is 631 g/mol. The van der Waals surface area contributed by atoms with Crippen molar-refractivity contribution in [2.75, 3.05) is 33.3 Å². The van der Waals surface area contributed by atoms with E-state index in [9.17, 15) is 44.3 Å². The molecule has 246 valence electrons. The molecule has 3 aromatic rings. The molecule has 0 bridgehead atoms. The Hall–Kier alpha value is -4.16. The van der Waals surface area contributed by atoms with Crippen LogP contribution in [0.2, 0.25) is 0 Å². The molecule has 1 aromatic heterocycles. The summed E-state index contributed by atoms with van der Waals surface area (Å²) in [6.45, 7) is -3.75. The first-order valence-corrected chi connectivity index (χ1v) is 12.9. The first kappa shape index (κ1) is 35.3. The summed E-state index contributed by atoms with van der Waals surface area (Å²) in [6, 6.07) is 11.0. The second kappa shape index (κ2) is 14.7. The van der Waals surface area contributed by atoms with Crippen molar-refractivity contribution in [2.24, 2.45) is 0 Å². The summed E-state index contributed by atoms with van der Waals surface area (Å²) in [5, 5.41) is 2.38. The summed E-state index contributed by atoms with van der Waals surface area (Å²) in [5.41, 5.74) is -0.717. The number of alkyl halides is 9. The third kappa shape index (κ3) is 10.5. The van der Waals surface area contributed by atoms with E-state index in [1.165, 1.54) is 6.92 Å². The average molecular weight is 658 g/mol. The summed E-state index contributed by atoms with van der Waals surface area (Å²) in [7, 11) is 0. The molecule has 2 amide bonds. The Morgan fingerprint density at radius 1 is 0.800 bits per heavy atom. The van der Waals surface area contributed by atoms with Crippen LogP contribution in [-0.4, -0.2) is 61.6 Å². The molecule has 0 aliphatic heterocycles. The number of quaternary nitrogens is 1. The van der Waals surface area contributed by atoms with Gasteiger partial charge in [-0.25, -0.2) is 4.79 Å². The van der Waals surface area contributed by atoms with Crippen LogP contribution in [0.4, 0.5) is 55.9 Å². The van der Waals surface area contributed by atoms with E-state index < -0.39 is 79.0 Å². The summed E-state index contributed by atoms with van der Waals surface area (Å²) in [4.78, 5) is 21.5. The molecule has 2 aromatic carbocycles. The fourth-order valence-electron chi connectivity index (χ4n) is 3.66. The summed E-state index contributed by atoms with van der Waals surface area (Å²) < 4.78 is 136. The molecule has 1 N–H and O–H groups in total. The lowest BCUT2D eigenvalue weighted by atomic mass is 10.1. The Morgan fingerprint density at radius 2 is 1.36 bits per heavy atom. The maximum atomic E-state index is 13.9. The lowest BCUT2D eigenvalue weighted by Crippen LogP contribution is -2.57. The van der Waals surface area contributed by atoms with Crippen molar-refractivity contribution in [2.45, 2.75) is 32.1 Å². The molecule has 9 nitrogen and oxygen atoms in total. The first-order valence-electron chi connectivity index (χ1n) is 12.9. The number of halogens is 9. The van der Waals surface area contributed by atoms with Gasteiger partial charge in [-0.2, -0.15) is 39.5 Å². The SMILES string of the molecule is CCOC[N+](C(=O)NCOCc1ccccc1)(c1ccc(C(F)(F)F)cc1)c1nc(OCC(F)(F)F)cc(OCC(F)(F)F)n1. The number of hydrogen-bond acceptors (Lipinski definition) is 7. The van der Waals surface area contributed by atoms with Crippen molar-refractivity contribution in [3.63, 3.8) is 0 Å². The second-order valence-electron chi connectivity index (χ2n) is 9.09. The maximum absolute atomic E-state index is 13.9. The Bertz CT molecular complexity index is 1350. The van der Waals surface area contributed by atoms with Crippen LogP contribution in [0.5, 0.6) is 11.8 Å². The normalized spacial score (nSPS) is 13.6. The van der Waals surface area contributed by atoms with Gasteiger partial charge >= 0.3 is 30.5 Å². The van der Waals surface area contributed by atoms with Crippen LogP contribution in [0, 0.1) is 0 Å². The minimum Gasteiger partial charge on any atom is -0.468 e. The molecule has 0 saturated heterocycles. The van der Waals surface area contributed by atoms with E-state index in [-0.39, 0.29) is 18.9 Å². The van der Waals surface area contributed by atoms with E-state index in [2.05, 4.69) is 24.8 Å². The maximum Gasteiger partial charge on any atom is 0.433 e. The Kier molecular flexibility index (Phi) is 11.6.